The summed E-state index contributed by atoms with van der Waals surface area (Å²) < 4.78 is 13.9. The van der Waals surface area contributed by atoms with Gasteiger partial charge in [-0.15, -0.1) is 0 Å². The van der Waals surface area contributed by atoms with Gasteiger partial charge >= 0.3 is 0 Å². The molecule has 0 aromatic heterocycles. The Bertz CT molecular complexity index is 370. The van der Waals surface area contributed by atoms with Gasteiger partial charge in [0.1, 0.15) is 5.82 Å². The zero-order valence-electron chi connectivity index (χ0n) is 10.0. The van der Waals surface area contributed by atoms with Crippen molar-refractivity contribution in [3.05, 3.63) is 29.1 Å². The Morgan fingerprint density at radius 3 is 2.62 bits per heavy atom. The van der Waals surface area contributed by atoms with Crippen LogP contribution < -0.4 is 10.2 Å². The number of hydrogen-bond acceptors (Lipinski definition) is 2. The number of anilines is 1. The first-order valence-electron chi connectivity index (χ1n) is 5.97. The van der Waals surface area contributed by atoms with Crippen LogP contribution in [0.25, 0.3) is 0 Å². The second-order valence-electron chi connectivity index (χ2n) is 4.32. The Balaban J connectivity index is 2.31. The Morgan fingerprint density at radius 1 is 1.31 bits per heavy atom. The minimum atomic E-state index is -0.0865. The number of hydrogen-bond donors (Lipinski definition) is 1. The fraction of sp³-hybridized carbons (Fsp3) is 0.538. The summed E-state index contributed by atoms with van der Waals surface area (Å²) in [5.74, 6) is -0.0865. The molecule has 0 radical (unpaired) electrons. The highest BCUT2D eigenvalue weighted by Crippen LogP contribution is 2.24. The van der Waals surface area contributed by atoms with E-state index < -0.39 is 0 Å². The summed E-state index contributed by atoms with van der Waals surface area (Å²) in [6, 6.07) is 3.67. The third-order valence-corrected chi connectivity index (χ3v) is 3.24. The predicted molar refractivity (Wildman–Crippen MR) is 65.6 cm³/mol. The fourth-order valence-corrected chi connectivity index (χ4v) is 2.23. The largest absolute Gasteiger partial charge is 0.367 e. The molecule has 0 unspecified atom stereocenters. The van der Waals surface area contributed by atoms with Gasteiger partial charge in [-0.05, 0) is 36.6 Å². The quantitative estimate of drug-likeness (QED) is 0.824. The number of piperazine rings is 1. The first-order valence-corrected chi connectivity index (χ1v) is 5.97. The van der Waals surface area contributed by atoms with Crippen molar-refractivity contribution in [3.63, 3.8) is 0 Å². The Kier molecular flexibility index (Phi) is 3.44. The van der Waals surface area contributed by atoms with Crippen LogP contribution in [0.2, 0.25) is 0 Å². The zero-order chi connectivity index (χ0) is 11.5. The van der Waals surface area contributed by atoms with Gasteiger partial charge in [-0.1, -0.05) is 6.92 Å². The van der Waals surface area contributed by atoms with Gasteiger partial charge in [-0.2, -0.15) is 0 Å². The smallest absolute Gasteiger partial charge is 0.146 e. The third-order valence-electron chi connectivity index (χ3n) is 3.24. The topological polar surface area (TPSA) is 15.3 Å². The maximum Gasteiger partial charge on any atom is 0.146 e. The lowest BCUT2D eigenvalue weighted by atomic mass is 10.0. The molecule has 0 spiro atoms. The van der Waals surface area contributed by atoms with Crippen LogP contribution in [0.5, 0.6) is 0 Å². The molecule has 1 N–H and O–H groups in total. The molecule has 1 fully saturated rings. The first-order chi connectivity index (χ1) is 7.72. The zero-order valence-corrected chi connectivity index (χ0v) is 10.0. The van der Waals surface area contributed by atoms with Crippen molar-refractivity contribution in [2.24, 2.45) is 0 Å². The average Bonchev–Trinajstić information content (AvgIpc) is 2.30. The summed E-state index contributed by atoms with van der Waals surface area (Å²) in [7, 11) is 0. The highest BCUT2D eigenvalue weighted by Gasteiger charge is 2.15. The van der Waals surface area contributed by atoms with Gasteiger partial charge in [0, 0.05) is 26.2 Å². The van der Waals surface area contributed by atoms with Crippen molar-refractivity contribution in [1.29, 1.82) is 0 Å². The molecule has 0 amide bonds. The molecule has 3 heteroatoms. The standard InChI is InChI=1S/C13H19FN2/c1-3-11-9-13(12(14)8-10(11)2)16-6-4-15-5-7-16/h8-9,15H,3-7H2,1-2H3. The van der Waals surface area contributed by atoms with Crippen LogP contribution in [0, 0.1) is 12.7 Å². The second-order valence-corrected chi connectivity index (χ2v) is 4.32. The van der Waals surface area contributed by atoms with Crippen molar-refractivity contribution in [3.8, 4) is 0 Å². The molecular formula is C13H19FN2. The molecule has 1 aromatic carbocycles. The van der Waals surface area contributed by atoms with Gasteiger partial charge in [0.2, 0.25) is 0 Å². The minimum absolute atomic E-state index is 0.0865. The molecule has 0 saturated carbocycles. The van der Waals surface area contributed by atoms with E-state index in [9.17, 15) is 4.39 Å². The van der Waals surface area contributed by atoms with E-state index in [1.54, 1.807) is 6.07 Å². The van der Waals surface area contributed by atoms with Gasteiger partial charge in [0.25, 0.3) is 0 Å². The van der Waals surface area contributed by atoms with E-state index in [1.807, 2.05) is 13.0 Å². The van der Waals surface area contributed by atoms with Crippen LogP contribution in [0.15, 0.2) is 12.1 Å². The monoisotopic (exact) mass is 222 g/mol. The number of nitrogens with one attached hydrogen (secondary N) is 1. The van der Waals surface area contributed by atoms with E-state index in [0.29, 0.717) is 0 Å². The molecule has 2 nitrogen and oxygen atoms in total. The fourth-order valence-electron chi connectivity index (χ4n) is 2.23. The third kappa shape index (κ3) is 2.19. The molecular weight excluding hydrogens is 203 g/mol. The molecule has 1 aliphatic rings. The SMILES string of the molecule is CCc1cc(N2CCNCC2)c(F)cc1C. The molecule has 0 aliphatic carbocycles. The highest BCUT2D eigenvalue weighted by atomic mass is 19.1. The summed E-state index contributed by atoms with van der Waals surface area (Å²) in [6.07, 6.45) is 0.963. The number of nitrogens with zero attached hydrogens (tertiary/aromatic N) is 1. The highest BCUT2D eigenvalue weighted by molar-refractivity contribution is 5.52. The lowest BCUT2D eigenvalue weighted by Crippen LogP contribution is -2.43. The predicted octanol–water partition coefficient (Wildman–Crippen LogP) is 2.11. The van der Waals surface area contributed by atoms with E-state index >= 15 is 0 Å². The van der Waals surface area contributed by atoms with Gasteiger partial charge in [-0.25, -0.2) is 4.39 Å². The van der Waals surface area contributed by atoms with Crippen molar-refractivity contribution in [2.45, 2.75) is 20.3 Å². The molecule has 1 heterocycles. The van der Waals surface area contributed by atoms with Gasteiger partial charge in [-0.3, -0.25) is 0 Å². The summed E-state index contributed by atoms with van der Waals surface area (Å²) in [5.41, 5.74) is 3.07. The minimum Gasteiger partial charge on any atom is -0.367 e. The molecule has 0 atom stereocenters. The molecule has 88 valence electrons. The average molecular weight is 222 g/mol. The maximum atomic E-state index is 13.9. The van der Waals surface area contributed by atoms with E-state index in [0.717, 1.165) is 43.9 Å². The van der Waals surface area contributed by atoms with Crippen LogP contribution in [-0.2, 0) is 6.42 Å². The molecule has 16 heavy (non-hydrogen) atoms. The van der Waals surface area contributed by atoms with E-state index in [4.69, 9.17) is 0 Å². The lowest BCUT2D eigenvalue weighted by Gasteiger charge is -2.30. The van der Waals surface area contributed by atoms with Crippen LogP contribution >= 0.6 is 0 Å². The van der Waals surface area contributed by atoms with E-state index in [-0.39, 0.29) is 5.82 Å². The van der Waals surface area contributed by atoms with E-state index in [1.165, 1.54) is 5.56 Å². The maximum absolute atomic E-state index is 13.9. The number of aryl methyl sites for hydroxylation is 2. The first kappa shape index (κ1) is 11.4. The molecule has 0 bridgehead atoms. The van der Waals surface area contributed by atoms with Crippen molar-refractivity contribution in [1.82, 2.24) is 5.32 Å². The lowest BCUT2D eigenvalue weighted by molar-refractivity contribution is 0.565. The second kappa shape index (κ2) is 4.83. The van der Waals surface area contributed by atoms with Crippen LogP contribution in [0.1, 0.15) is 18.1 Å². The molecule has 1 saturated heterocycles. The molecule has 1 aromatic rings. The Hall–Kier alpha value is -1.09. The van der Waals surface area contributed by atoms with Crippen molar-refractivity contribution >= 4 is 5.69 Å². The van der Waals surface area contributed by atoms with E-state index in [2.05, 4.69) is 17.1 Å². The molecule has 1 aliphatic heterocycles. The summed E-state index contributed by atoms with van der Waals surface area (Å²) in [4.78, 5) is 2.13. The van der Waals surface area contributed by atoms with Crippen LogP contribution in [0.4, 0.5) is 10.1 Å². The number of benzene rings is 1. The Labute approximate surface area is 96.5 Å². The van der Waals surface area contributed by atoms with Gasteiger partial charge < -0.3 is 10.2 Å². The normalized spacial score (nSPS) is 16.6. The Morgan fingerprint density at radius 2 is 2.00 bits per heavy atom. The summed E-state index contributed by atoms with van der Waals surface area (Å²) in [6.45, 7) is 7.75. The molecule has 2 rings (SSSR count). The van der Waals surface area contributed by atoms with Gasteiger partial charge in [0.05, 0.1) is 5.69 Å². The van der Waals surface area contributed by atoms with Crippen molar-refractivity contribution < 1.29 is 4.39 Å². The summed E-state index contributed by atoms with van der Waals surface area (Å²) >= 11 is 0. The van der Waals surface area contributed by atoms with Crippen molar-refractivity contribution in [2.75, 3.05) is 31.1 Å². The van der Waals surface area contributed by atoms with Crippen LogP contribution in [-0.4, -0.2) is 26.2 Å². The van der Waals surface area contributed by atoms with Gasteiger partial charge in [0.15, 0.2) is 0 Å². The van der Waals surface area contributed by atoms with Crippen LogP contribution in [0.3, 0.4) is 0 Å². The number of halogens is 1. The summed E-state index contributed by atoms with van der Waals surface area (Å²) in [5, 5.41) is 3.28. The number of rotatable bonds is 2.